The number of carboxylic acids is 1. The average molecular weight is 503 g/mol. The van der Waals surface area contributed by atoms with E-state index in [2.05, 4.69) is 28.3 Å². The highest BCUT2D eigenvalue weighted by Gasteiger charge is 2.38. The lowest BCUT2D eigenvalue weighted by molar-refractivity contribution is -0.149. The monoisotopic (exact) mass is 502 g/mol. The van der Waals surface area contributed by atoms with Gasteiger partial charge in [-0.2, -0.15) is 12.6 Å². The van der Waals surface area contributed by atoms with E-state index in [0.717, 1.165) is 0 Å². The van der Waals surface area contributed by atoms with E-state index in [1.807, 2.05) is 0 Å². The molecule has 14 nitrogen and oxygen atoms in total. The van der Waals surface area contributed by atoms with Gasteiger partial charge in [0.05, 0.1) is 6.04 Å². The van der Waals surface area contributed by atoms with Crippen molar-refractivity contribution in [3.63, 3.8) is 0 Å². The Hall–Kier alpha value is -3.07. The number of nitrogens with one attached hydrogen (secondary N) is 2. The number of carboxylic acid groups (broad SMARTS) is 1. The third kappa shape index (κ3) is 9.43. The molecule has 0 saturated carbocycles. The quantitative estimate of drug-likeness (QED) is 0.0509. The van der Waals surface area contributed by atoms with Crippen molar-refractivity contribution < 1.29 is 29.1 Å². The molecule has 4 unspecified atom stereocenters. The van der Waals surface area contributed by atoms with Gasteiger partial charge in [0, 0.05) is 25.3 Å². The summed E-state index contributed by atoms with van der Waals surface area (Å²) in [4.78, 5) is 65.6. The van der Waals surface area contributed by atoms with Gasteiger partial charge in [-0.25, -0.2) is 4.79 Å². The molecular weight excluding hydrogens is 468 g/mol. The molecule has 0 aromatic heterocycles. The highest BCUT2D eigenvalue weighted by Crippen LogP contribution is 2.19. The molecule has 0 radical (unpaired) electrons. The summed E-state index contributed by atoms with van der Waals surface area (Å²) in [5.74, 6) is -3.88. The molecular formula is C19H34N8O6S. The number of thiol groups is 1. The molecule has 1 saturated heterocycles. The normalized spacial score (nSPS) is 17.8. The van der Waals surface area contributed by atoms with Crippen LogP contribution in [-0.2, 0) is 24.0 Å². The van der Waals surface area contributed by atoms with Gasteiger partial charge in [0.2, 0.25) is 23.6 Å². The minimum Gasteiger partial charge on any atom is -0.480 e. The molecule has 0 aromatic carbocycles. The van der Waals surface area contributed by atoms with Crippen LogP contribution in [0.2, 0.25) is 0 Å². The summed E-state index contributed by atoms with van der Waals surface area (Å²) < 4.78 is 0. The number of rotatable bonds is 14. The fraction of sp³-hybridized carbons (Fsp3) is 0.684. The number of guanidine groups is 1. The predicted molar refractivity (Wildman–Crippen MR) is 126 cm³/mol. The summed E-state index contributed by atoms with van der Waals surface area (Å²) in [5, 5.41) is 14.4. The standard InChI is InChI=1S/C19H34N8O6S/c20-10(5-6-14(21)28)15(29)25-11(3-1-7-24-19(22)23)16(30)26-12(9-34)17(31)27-8-2-4-13(27)18(32)33/h10-13,34H,1-9,20H2,(H2,21,28)(H,25,29)(H,26,30)(H,32,33)(H4,22,23,24). The number of hydrogen-bond donors (Lipinski definition) is 8. The molecule has 0 bridgehead atoms. The lowest BCUT2D eigenvalue weighted by Gasteiger charge is -2.28. The van der Waals surface area contributed by atoms with Crippen molar-refractivity contribution in [1.29, 1.82) is 0 Å². The summed E-state index contributed by atoms with van der Waals surface area (Å²) in [6.07, 6.45) is 1.18. The van der Waals surface area contributed by atoms with Gasteiger partial charge in [-0.3, -0.25) is 24.2 Å². The van der Waals surface area contributed by atoms with Gasteiger partial charge in [0.15, 0.2) is 5.96 Å². The number of aliphatic imine (C=N–C) groups is 1. The van der Waals surface area contributed by atoms with Crippen LogP contribution in [0.4, 0.5) is 0 Å². The zero-order valence-corrected chi connectivity index (χ0v) is 19.7. The Labute approximate surface area is 202 Å². The molecule has 1 aliphatic heterocycles. The van der Waals surface area contributed by atoms with Crippen LogP contribution in [-0.4, -0.2) is 88.6 Å². The van der Waals surface area contributed by atoms with Crippen molar-refractivity contribution >= 4 is 48.2 Å². The van der Waals surface area contributed by atoms with Crippen molar-refractivity contribution in [3.8, 4) is 0 Å². The summed E-state index contributed by atoms with van der Waals surface area (Å²) in [6, 6.07) is -4.24. The maximum absolute atomic E-state index is 13.0. The van der Waals surface area contributed by atoms with Crippen LogP contribution in [0.5, 0.6) is 0 Å². The number of carbonyl (C=O) groups excluding carboxylic acids is 4. The molecule has 1 fully saturated rings. The lowest BCUT2D eigenvalue weighted by atomic mass is 10.1. The van der Waals surface area contributed by atoms with Gasteiger partial charge < -0.3 is 43.6 Å². The van der Waals surface area contributed by atoms with Gasteiger partial charge in [-0.1, -0.05) is 0 Å². The molecule has 0 aliphatic carbocycles. The number of aliphatic carboxylic acids is 1. The van der Waals surface area contributed by atoms with E-state index in [-0.39, 0.29) is 44.1 Å². The van der Waals surface area contributed by atoms with E-state index in [0.29, 0.717) is 19.3 Å². The van der Waals surface area contributed by atoms with Crippen molar-refractivity contribution in [2.75, 3.05) is 18.8 Å². The molecule has 34 heavy (non-hydrogen) atoms. The van der Waals surface area contributed by atoms with Gasteiger partial charge in [0.1, 0.15) is 18.1 Å². The number of primary amides is 1. The minimum atomic E-state index is -1.12. The van der Waals surface area contributed by atoms with Crippen molar-refractivity contribution in [3.05, 3.63) is 0 Å². The molecule has 1 rings (SSSR count). The Kier molecular flexibility index (Phi) is 12.1. The van der Waals surface area contributed by atoms with Crippen LogP contribution >= 0.6 is 12.6 Å². The number of amides is 4. The fourth-order valence-corrected chi connectivity index (χ4v) is 3.67. The smallest absolute Gasteiger partial charge is 0.326 e. The molecule has 4 atom stereocenters. The zero-order chi connectivity index (χ0) is 25.8. The van der Waals surface area contributed by atoms with Gasteiger partial charge in [-0.05, 0) is 32.1 Å². The second-order valence-electron chi connectivity index (χ2n) is 7.89. The number of likely N-dealkylation sites (tertiary alicyclic amines) is 1. The van der Waals surface area contributed by atoms with Gasteiger partial charge in [-0.15, -0.1) is 0 Å². The Morgan fingerprint density at radius 3 is 2.26 bits per heavy atom. The first-order chi connectivity index (χ1) is 16.0. The summed E-state index contributed by atoms with van der Waals surface area (Å²) in [6.45, 7) is 0.446. The lowest BCUT2D eigenvalue weighted by Crippen LogP contribution is -2.57. The maximum Gasteiger partial charge on any atom is 0.326 e. The summed E-state index contributed by atoms with van der Waals surface area (Å²) >= 11 is 4.12. The fourth-order valence-electron chi connectivity index (χ4n) is 3.43. The van der Waals surface area contributed by atoms with E-state index in [1.54, 1.807) is 0 Å². The Morgan fingerprint density at radius 1 is 1.06 bits per heavy atom. The number of nitrogens with two attached hydrogens (primary N) is 4. The SMILES string of the molecule is NC(=O)CCC(N)C(=O)NC(CCCN=C(N)N)C(=O)NC(CS)C(=O)N1CCCC1C(=O)O. The number of hydrogen-bond acceptors (Lipinski definition) is 8. The maximum atomic E-state index is 13.0. The van der Waals surface area contributed by atoms with E-state index in [1.165, 1.54) is 4.90 Å². The Morgan fingerprint density at radius 2 is 1.71 bits per heavy atom. The molecule has 0 aromatic rings. The largest absolute Gasteiger partial charge is 0.480 e. The topological polar surface area (TPSA) is 249 Å². The van der Waals surface area contributed by atoms with Crippen LogP contribution in [0.1, 0.15) is 38.5 Å². The molecule has 4 amide bonds. The van der Waals surface area contributed by atoms with E-state index in [9.17, 15) is 29.1 Å². The highest BCUT2D eigenvalue weighted by molar-refractivity contribution is 7.80. The average Bonchev–Trinajstić information content (AvgIpc) is 3.27. The van der Waals surface area contributed by atoms with Crippen molar-refractivity contribution in [1.82, 2.24) is 15.5 Å². The van der Waals surface area contributed by atoms with Crippen LogP contribution in [0, 0.1) is 0 Å². The molecule has 1 heterocycles. The minimum absolute atomic E-state index is 0.00715. The first-order valence-corrected chi connectivity index (χ1v) is 11.4. The molecule has 192 valence electrons. The van der Waals surface area contributed by atoms with Crippen molar-refractivity contribution in [2.45, 2.75) is 62.7 Å². The van der Waals surface area contributed by atoms with E-state index >= 15 is 0 Å². The first-order valence-electron chi connectivity index (χ1n) is 10.8. The summed E-state index contributed by atoms with van der Waals surface area (Å²) in [5.41, 5.74) is 21.4. The van der Waals surface area contributed by atoms with E-state index < -0.39 is 53.8 Å². The predicted octanol–water partition coefficient (Wildman–Crippen LogP) is -3.39. The van der Waals surface area contributed by atoms with Crippen LogP contribution in [0.15, 0.2) is 4.99 Å². The van der Waals surface area contributed by atoms with E-state index in [4.69, 9.17) is 22.9 Å². The van der Waals surface area contributed by atoms with Gasteiger partial charge in [0.25, 0.3) is 0 Å². The third-order valence-electron chi connectivity index (χ3n) is 5.23. The Bertz CT molecular complexity index is 791. The highest BCUT2D eigenvalue weighted by atomic mass is 32.1. The third-order valence-corrected chi connectivity index (χ3v) is 5.60. The Balaban J connectivity index is 2.89. The molecule has 0 spiro atoms. The molecule has 1 aliphatic rings. The van der Waals surface area contributed by atoms with Crippen molar-refractivity contribution in [2.24, 2.45) is 27.9 Å². The number of nitrogens with zero attached hydrogens (tertiary/aromatic N) is 2. The molecule has 15 heteroatoms. The van der Waals surface area contributed by atoms with Crippen LogP contribution in [0.25, 0.3) is 0 Å². The van der Waals surface area contributed by atoms with Crippen LogP contribution in [0.3, 0.4) is 0 Å². The second-order valence-corrected chi connectivity index (χ2v) is 8.26. The second kappa shape index (κ2) is 14.2. The zero-order valence-electron chi connectivity index (χ0n) is 18.8. The summed E-state index contributed by atoms with van der Waals surface area (Å²) in [7, 11) is 0. The van der Waals surface area contributed by atoms with Gasteiger partial charge >= 0.3 is 5.97 Å². The first kappa shape index (κ1) is 29.0. The molecule has 11 N–H and O–H groups in total. The number of carbonyl (C=O) groups is 5. The van der Waals surface area contributed by atoms with Crippen LogP contribution < -0.4 is 33.6 Å².